The molecular weight excluding hydrogens is 300 g/mol. The maximum atomic E-state index is 12.5. The highest BCUT2D eigenvalue weighted by molar-refractivity contribution is 7.10. The summed E-state index contributed by atoms with van der Waals surface area (Å²) in [6.07, 6.45) is 0.753. The van der Waals surface area contributed by atoms with Crippen LogP contribution in [0.1, 0.15) is 16.5 Å². The van der Waals surface area contributed by atoms with Crippen LogP contribution in [-0.2, 0) is 16.0 Å². The quantitative estimate of drug-likeness (QED) is 0.866. The molecule has 1 aromatic carbocycles. The third-order valence-corrected chi connectivity index (χ3v) is 4.67. The van der Waals surface area contributed by atoms with Gasteiger partial charge >= 0.3 is 12.0 Å². The molecule has 3 rings (SSSR count). The topological polar surface area (TPSA) is 58.6 Å². The molecule has 1 aliphatic heterocycles. The molecule has 0 bridgehead atoms. The van der Waals surface area contributed by atoms with Crippen molar-refractivity contribution in [2.24, 2.45) is 0 Å². The molecule has 1 atom stereocenters. The largest absolute Gasteiger partial charge is 0.467 e. The minimum atomic E-state index is -0.677. The fraction of sp³-hybridized carbons (Fsp3) is 0.250. The van der Waals surface area contributed by atoms with Crippen molar-refractivity contribution in [3.63, 3.8) is 0 Å². The van der Waals surface area contributed by atoms with Gasteiger partial charge in [0.1, 0.15) is 0 Å². The number of nitrogens with zero attached hydrogens (tertiary/aromatic N) is 1. The summed E-state index contributed by atoms with van der Waals surface area (Å²) < 4.78 is 4.89. The van der Waals surface area contributed by atoms with E-state index in [-0.39, 0.29) is 6.03 Å². The second-order valence-corrected chi connectivity index (χ2v) is 5.97. The molecule has 1 aliphatic rings. The zero-order valence-corrected chi connectivity index (χ0v) is 12.9. The highest BCUT2D eigenvalue weighted by Crippen LogP contribution is 2.34. The number of anilines is 1. The summed E-state index contributed by atoms with van der Waals surface area (Å²) in [5.74, 6) is -0.414. The van der Waals surface area contributed by atoms with Crippen LogP contribution in [0.3, 0.4) is 0 Å². The number of nitrogens with one attached hydrogen (secondary N) is 1. The van der Waals surface area contributed by atoms with Crippen LogP contribution in [0.2, 0.25) is 0 Å². The van der Waals surface area contributed by atoms with E-state index in [1.165, 1.54) is 12.0 Å². The number of carbonyl (C=O) groups excluding carboxylic acids is 2. The van der Waals surface area contributed by atoms with Crippen LogP contribution >= 0.6 is 11.3 Å². The lowest BCUT2D eigenvalue weighted by Crippen LogP contribution is -2.45. The van der Waals surface area contributed by atoms with Gasteiger partial charge < -0.3 is 15.0 Å². The smallest absolute Gasteiger partial charge is 0.333 e. The first kappa shape index (κ1) is 14.6. The fourth-order valence-corrected chi connectivity index (χ4v) is 3.52. The molecule has 0 fully saturated rings. The summed E-state index contributed by atoms with van der Waals surface area (Å²) in [6.45, 7) is 0.492. The zero-order chi connectivity index (χ0) is 15.5. The van der Waals surface area contributed by atoms with Gasteiger partial charge in [0.05, 0.1) is 7.11 Å². The van der Waals surface area contributed by atoms with E-state index < -0.39 is 12.0 Å². The van der Waals surface area contributed by atoms with E-state index in [9.17, 15) is 9.59 Å². The van der Waals surface area contributed by atoms with Crippen LogP contribution in [0.25, 0.3) is 0 Å². The van der Waals surface area contributed by atoms with Crippen molar-refractivity contribution >= 4 is 29.0 Å². The number of esters is 1. The summed E-state index contributed by atoms with van der Waals surface area (Å²) >= 11 is 1.61. The normalized spacial score (nSPS) is 16.8. The van der Waals surface area contributed by atoms with Crippen molar-refractivity contribution in [3.8, 4) is 0 Å². The molecular formula is C16H16N2O3S. The zero-order valence-electron chi connectivity index (χ0n) is 12.1. The number of hydrogen-bond donors (Lipinski definition) is 1. The molecule has 1 aromatic heterocycles. The Hall–Kier alpha value is -2.34. The highest BCUT2D eigenvalue weighted by atomic mass is 32.1. The number of fused-ring (bicyclic) bond motifs is 1. The molecule has 114 valence electrons. The Morgan fingerprint density at radius 1 is 1.27 bits per heavy atom. The van der Waals surface area contributed by atoms with Crippen molar-refractivity contribution in [3.05, 3.63) is 52.2 Å². The first-order valence-electron chi connectivity index (χ1n) is 6.97. The summed E-state index contributed by atoms with van der Waals surface area (Å²) in [6, 6.07) is 10.1. The van der Waals surface area contributed by atoms with E-state index in [0.717, 1.165) is 16.9 Å². The van der Waals surface area contributed by atoms with Crippen LogP contribution in [0.15, 0.2) is 41.8 Å². The van der Waals surface area contributed by atoms with Gasteiger partial charge in [-0.2, -0.15) is 0 Å². The Bertz CT molecular complexity index is 684. The maximum absolute atomic E-state index is 12.5. The van der Waals surface area contributed by atoms with E-state index >= 15 is 0 Å². The third kappa shape index (κ3) is 2.69. The number of amides is 2. The molecule has 0 aliphatic carbocycles. The van der Waals surface area contributed by atoms with Crippen molar-refractivity contribution < 1.29 is 14.3 Å². The average Bonchev–Trinajstić information content (AvgIpc) is 3.02. The fourth-order valence-electron chi connectivity index (χ4n) is 2.62. The number of methoxy groups -OCH3 is 1. The van der Waals surface area contributed by atoms with Crippen molar-refractivity contribution in [2.45, 2.75) is 12.5 Å². The number of thiophene rings is 1. The molecule has 6 heteroatoms. The lowest BCUT2D eigenvalue weighted by Gasteiger charge is -2.33. The number of ether oxygens (including phenoxy) is 1. The standard InChI is InChI=1S/C16H16N2O3S/c1-21-15(19)14-12-8-10-22-13(12)7-9-18(14)16(20)17-11-5-3-2-4-6-11/h2-6,8,10,14H,7,9H2,1H3,(H,17,20). The molecule has 1 N–H and O–H groups in total. The minimum absolute atomic E-state index is 0.293. The van der Waals surface area contributed by atoms with Gasteiger partial charge in [0.2, 0.25) is 0 Å². The Kier molecular flexibility index (Phi) is 4.11. The van der Waals surface area contributed by atoms with Crippen molar-refractivity contribution in [2.75, 3.05) is 19.0 Å². The minimum Gasteiger partial charge on any atom is -0.467 e. The molecule has 0 saturated heterocycles. The molecule has 2 heterocycles. The maximum Gasteiger partial charge on any atom is 0.333 e. The first-order chi connectivity index (χ1) is 10.7. The molecule has 5 nitrogen and oxygen atoms in total. The SMILES string of the molecule is COC(=O)C1c2ccsc2CCN1C(=O)Nc1ccccc1. The van der Waals surface area contributed by atoms with Crippen LogP contribution in [0, 0.1) is 0 Å². The summed E-state index contributed by atoms with van der Waals surface area (Å²) in [5, 5.41) is 4.77. The Labute approximate surface area is 132 Å². The summed E-state index contributed by atoms with van der Waals surface area (Å²) in [4.78, 5) is 27.4. The van der Waals surface area contributed by atoms with Crippen LogP contribution < -0.4 is 5.32 Å². The van der Waals surface area contributed by atoms with E-state index in [2.05, 4.69) is 5.32 Å². The lowest BCUT2D eigenvalue weighted by atomic mass is 10.0. The van der Waals surface area contributed by atoms with Gasteiger partial charge in [-0.15, -0.1) is 11.3 Å². The van der Waals surface area contributed by atoms with Gasteiger partial charge in [-0.3, -0.25) is 0 Å². The Balaban J connectivity index is 1.85. The number of urea groups is 1. The van der Waals surface area contributed by atoms with Crippen LogP contribution in [0.5, 0.6) is 0 Å². The monoisotopic (exact) mass is 316 g/mol. The van der Waals surface area contributed by atoms with Gasteiger partial charge in [-0.25, -0.2) is 9.59 Å². The summed E-state index contributed by atoms with van der Waals surface area (Å²) in [7, 11) is 1.34. The van der Waals surface area contributed by atoms with Gasteiger partial charge in [0, 0.05) is 17.1 Å². The van der Waals surface area contributed by atoms with Crippen molar-refractivity contribution in [1.29, 1.82) is 0 Å². The van der Waals surface area contributed by atoms with Gasteiger partial charge in [-0.1, -0.05) is 18.2 Å². The molecule has 2 amide bonds. The highest BCUT2D eigenvalue weighted by Gasteiger charge is 2.37. The summed E-state index contributed by atoms with van der Waals surface area (Å²) in [5.41, 5.74) is 1.57. The van der Waals surface area contributed by atoms with Crippen molar-refractivity contribution in [1.82, 2.24) is 4.90 Å². The van der Waals surface area contributed by atoms with E-state index in [1.807, 2.05) is 41.8 Å². The molecule has 22 heavy (non-hydrogen) atoms. The van der Waals surface area contributed by atoms with Gasteiger partial charge in [-0.05, 0) is 35.6 Å². The van der Waals surface area contributed by atoms with E-state index in [1.54, 1.807) is 11.3 Å². The van der Waals surface area contributed by atoms with Crippen LogP contribution in [-0.4, -0.2) is 30.6 Å². The number of benzene rings is 1. The number of rotatable bonds is 2. The van der Waals surface area contributed by atoms with E-state index in [4.69, 9.17) is 4.74 Å². The Morgan fingerprint density at radius 3 is 2.77 bits per heavy atom. The Morgan fingerprint density at radius 2 is 2.05 bits per heavy atom. The molecule has 0 spiro atoms. The van der Waals surface area contributed by atoms with E-state index in [0.29, 0.717) is 12.2 Å². The first-order valence-corrected chi connectivity index (χ1v) is 7.85. The molecule has 0 radical (unpaired) electrons. The second kappa shape index (κ2) is 6.19. The molecule has 2 aromatic rings. The average molecular weight is 316 g/mol. The third-order valence-electron chi connectivity index (χ3n) is 3.68. The molecule has 0 saturated carbocycles. The number of hydrogen-bond acceptors (Lipinski definition) is 4. The van der Waals surface area contributed by atoms with Gasteiger partial charge in [0.15, 0.2) is 6.04 Å². The predicted molar refractivity (Wildman–Crippen MR) is 84.9 cm³/mol. The second-order valence-electron chi connectivity index (χ2n) is 4.96. The number of carbonyl (C=O) groups is 2. The predicted octanol–water partition coefficient (Wildman–Crippen LogP) is 3.05. The lowest BCUT2D eigenvalue weighted by molar-refractivity contribution is -0.146. The number of para-hydroxylation sites is 1. The molecule has 1 unspecified atom stereocenters. The van der Waals surface area contributed by atoms with Crippen LogP contribution in [0.4, 0.5) is 10.5 Å². The van der Waals surface area contributed by atoms with Gasteiger partial charge in [0.25, 0.3) is 0 Å².